The zero-order chi connectivity index (χ0) is 14.5. The van der Waals surface area contributed by atoms with Crippen molar-refractivity contribution in [2.24, 2.45) is 5.73 Å². The lowest BCUT2D eigenvalue weighted by Gasteiger charge is -2.11. The molecule has 2 aromatic rings. The van der Waals surface area contributed by atoms with Crippen LogP contribution in [0.15, 0.2) is 42.5 Å². The number of carbonyl (C=O) groups excluding carboxylic acids is 1. The molecule has 0 heterocycles. The normalized spacial score (nSPS) is 10.3. The van der Waals surface area contributed by atoms with E-state index in [2.05, 4.69) is 0 Å². The first-order valence-corrected chi connectivity index (χ1v) is 6.40. The summed E-state index contributed by atoms with van der Waals surface area (Å²) in [6, 6.07) is 11.6. The lowest BCUT2D eigenvalue weighted by Crippen LogP contribution is -2.12. The van der Waals surface area contributed by atoms with E-state index in [0.717, 1.165) is 17.7 Å². The second kappa shape index (κ2) is 6.19. The first-order valence-electron chi connectivity index (χ1n) is 6.40. The van der Waals surface area contributed by atoms with Gasteiger partial charge in [0, 0.05) is 11.1 Å². The van der Waals surface area contributed by atoms with E-state index in [0.29, 0.717) is 5.56 Å². The average Bonchev–Trinajstić information content (AvgIpc) is 2.46. The Morgan fingerprint density at radius 1 is 1.20 bits per heavy atom. The first kappa shape index (κ1) is 14.1. The number of hydrogen-bond acceptors (Lipinski definition) is 2. The molecule has 0 aromatic heterocycles. The molecule has 0 saturated carbocycles. The largest absolute Gasteiger partial charge is 0.489 e. The van der Waals surface area contributed by atoms with Crippen molar-refractivity contribution < 1.29 is 13.9 Å². The molecule has 0 aliphatic heterocycles. The summed E-state index contributed by atoms with van der Waals surface area (Å²) in [5, 5.41) is 0. The second-order valence-corrected chi connectivity index (χ2v) is 4.42. The second-order valence-electron chi connectivity index (χ2n) is 4.42. The molecule has 0 bridgehead atoms. The molecule has 0 unspecified atom stereocenters. The summed E-state index contributed by atoms with van der Waals surface area (Å²) in [6.45, 7) is 2.08. The first-order chi connectivity index (χ1) is 9.61. The fourth-order valence-corrected chi connectivity index (χ4v) is 1.93. The van der Waals surface area contributed by atoms with E-state index in [1.54, 1.807) is 0 Å². The third-order valence-electron chi connectivity index (χ3n) is 3.07. The number of amides is 1. The van der Waals surface area contributed by atoms with Crippen molar-refractivity contribution in [2.45, 2.75) is 20.0 Å². The Bertz CT molecular complexity index is 626. The molecule has 2 aromatic carbocycles. The quantitative estimate of drug-likeness (QED) is 0.910. The van der Waals surface area contributed by atoms with Gasteiger partial charge in [-0.25, -0.2) is 4.39 Å². The standard InChI is InChI=1S/C16H16FNO2/c1-2-11-5-3-4-6-15(11)20-10-13-9-12(16(18)19)7-8-14(13)17/h3-9H,2,10H2,1H3,(H2,18,19). The maximum absolute atomic E-state index is 13.7. The molecule has 0 fully saturated rings. The van der Waals surface area contributed by atoms with Gasteiger partial charge < -0.3 is 10.5 Å². The maximum atomic E-state index is 13.7. The summed E-state index contributed by atoms with van der Waals surface area (Å²) < 4.78 is 19.3. The lowest BCUT2D eigenvalue weighted by molar-refractivity contribution is 0.1000. The number of halogens is 1. The van der Waals surface area contributed by atoms with Crippen LogP contribution in [0.3, 0.4) is 0 Å². The summed E-state index contributed by atoms with van der Waals surface area (Å²) in [5.41, 5.74) is 6.82. The minimum atomic E-state index is -0.583. The van der Waals surface area contributed by atoms with Crippen LogP contribution in [0.5, 0.6) is 5.75 Å². The topological polar surface area (TPSA) is 52.3 Å². The highest BCUT2D eigenvalue weighted by atomic mass is 19.1. The number of rotatable bonds is 5. The number of aryl methyl sites for hydroxylation is 1. The number of primary amides is 1. The van der Waals surface area contributed by atoms with E-state index in [4.69, 9.17) is 10.5 Å². The molecule has 1 amide bonds. The van der Waals surface area contributed by atoms with Gasteiger partial charge in [0.1, 0.15) is 18.2 Å². The van der Waals surface area contributed by atoms with E-state index in [1.165, 1.54) is 18.2 Å². The zero-order valence-corrected chi connectivity index (χ0v) is 11.2. The van der Waals surface area contributed by atoms with Crippen molar-refractivity contribution >= 4 is 5.91 Å². The molecular weight excluding hydrogens is 257 g/mol. The summed E-state index contributed by atoms with van der Waals surface area (Å²) in [6.07, 6.45) is 0.833. The van der Waals surface area contributed by atoms with Crippen molar-refractivity contribution in [1.82, 2.24) is 0 Å². The highest BCUT2D eigenvalue weighted by Crippen LogP contribution is 2.20. The van der Waals surface area contributed by atoms with Gasteiger partial charge in [-0.15, -0.1) is 0 Å². The zero-order valence-electron chi connectivity index (χ0n) is 11.2. The molecule has 0 saturated heterocycles. The minimum absolute atomic E-state index is 0.0595. The van der Waals surface area contributed by atoms with Crippen LogP contribution in [0.2, 0.25) is 0 Å². The summed E-state index contributed by atoms with van der Waals surface area (Å²) >= 11 is 0. The fourth-order valence-electron chi connectivity index (χ4n) is 1.93. The van der Waals surface area contributed by atoms with Crippen LogP contribution < -0.4 is 10.5 Å². The molecule has 0 radical (unpaired) electrons. The predicted octanol–water partition coefficient (Wildman–Crippen LogP) is 3.07. The third kappa shape index (κ3) is 3.15. The summed E-state index contributed by atoms with van der Waals surface area (Å²) in [5.74, 6) is -0.275. The Kier molecular flexibility index (Phi) is 4.35. The van der Waals surface area contributed by atoms with Gasteiger partial charge in [0.25, 0.3) is 0 Å². The number of carbonyl (C=O) groups is 1. The average molecular weight is 273 g/mol. The van der Waals surface area contributed by atoms with E-state index in [1.807, 2.05) is 31.2 Å². The SMILES string of the molecule is CCc1ccccc1OCc1cc(C(N)=O)ccc1F. The van der Waals surface area contributed by atoms with Crippen molar-refractivity contribution in [3.05, 3.63) is 65.0 Å². The molecule has 0 atom stereocenters. The van der Waals surface area contributed by atoms with Gasteiger partial charge in [-0.3, -0.25) is 4.79 Å². The van der Waals surface area contributed by atoms with Crippen LogP contribution in [-0.2, 0) is 13.0 Å². The van der Waals surface area contributed by atoms with Crippen LogP contribution >= 0.6 is 0 Å². The molecule has 0 aliphatic rings. The highest BCUT2D eigenvalue weighted by Gasteiger charge is 2.09. The molecule has 0 spiro atoms. The van der Waals surface area contributed by atoms with Crippen LogP contribution in [0.4, 0.5) is 4.39 Å². The molecule has 2 rings (SSSR count). The lowest BCUT2D eigenvalue weighted by atomic mass is 10.1. The van der Waals surface area contributed by atoms with E-state index in [9.17, 15) is 9.18 Å². The van der Waals surface area contributed by atoms with Gasteiger partial charge in [-0.05, 0) is 36.2 Å². The highest BCUT2D eigenvalue weighted by molar-refractivity contribution is 5.92. The molecule has 3 nitrogen and oxygen atoms in total. The number of hydrogen-bond donors (Lipinski definition) is 1. The van der Waals surface area contributed by atoms with Crippen molar-refractivity contribution in [2.75, 3.05) is 0 Å². The van der Waals surface area contributed by atoms with Gasteiger partial charge in [0.2, 0.25) is 5.91 Å². The van der Waals surface area contributed by atoms with Crippen LogP contribution in [-0.4, -0.2) is 5.91 Å². The van der Waals surface area contributed by atoms with E-state index >= 15 is 0 Å². The molecule has 4 heteroatoms. The van der Waals surface area contributed by atoms with Gasteiger partial charge >= 0.3 is 0 Å². The Hall–Kier alpha value is -2.36. The summed E-state index contributed by atoms with van der Waals surface area (Å²) in [7, 11) is 0. The number of para-hydroxylation sites is 1. The molecule has 20 heavy (non-hydrogen) atoms. The van der Waals surface area contributed by atoms with Crippen molar-refractivity contribution in [3.8, 4) is 5.75 Å². The van der Waals surface area contributed by atoms with Gasteiger partial charge in [0.05, 0.1) is 0 Å². The minimum Gasteiger partial charge on any atom is -0.489 e. The Morgan fingerprint density at radius 3 is 2.65 bits per heavy atom. The Labute approximate surface area is 117 Å². The molecule has 2 N–H and O–H groups in total. The molecule has 0 aliphatic carbocycles. The van der Waals surface area contributed by atoms with Crippen LogP contribution in [0, 0.1) is 5.82 Å². The smallest absolute Gasteiger partial charge is 0.248 e. The van der Waals surface area contributed by atoms with Crippen LogP contribution in [0.1, 0.15) is 28.4 Å². The van der Waals surface area contributed by atoms with Crippen molar-refractivity contribution in [3.63, 3.8) is 0 Å². The molecule has 104 valence electrons. The number of ether oxygens (including phenoxy) is 1. The van der Waals surface area contributed by atoms with E-state index < -0.39 is 11.7 Å². The van der Waals surface area contributed by atoms with E-state index in [-0.39, 0.29) is 12.2 Å². The van der Waals surface area contributed by atoms with Gasteiger partial charge in [0.15, 0.2) is 0 Å². The predicted molar refractivity (Wildman–Crippen MR) is 75.1 cm³/mol. The maximum Gasteiger partial charge on any atom is 0.248 e. The number of benzene rings is 2. The van der Waals surface area contributed by atoms with Crippen LogP contribution in [0.25, 0.3) is 0 Å². The third-order valence-corrected chi connectivity index (χ3v) is 3.07. The number of nitrogens with two attached hydrogens (primary N) is 1. The Morgan fingerprint density at radius 2 is 1.95 bits per heavy atom. The van der Waals surface area contributed by atoms with Crippen molar-refractivity contribution in [1.29, 1.82) is 0 Å². The summed E-state index contributed by atoms with van der Waals surface area (Å²) in [4.78, 5) is 11.1. The molecular formula is C16H16FNO2. The Balaban J connectivity index is 2.18. The monoisotopic (exact) mass is 273 g/mol. The van der Waals surface area contributed by atoms with Gasteiger partial charge in [-0.2, -0.15) is 0 Å². The fraction of sp³-hybridized carbons (Fsp3) is 0.188. The van der Waals surface area contributed by atoms with Gasteiger partial charge in [-0.1, -0.05) is 25.1 Å².